The number of urea groups is 1. The molecule has 5 amide bonds. The van der Waals surface area contributed by atoms with Crippen molar-refractivity contribution in [2.75, 3.05) is 18.9 Å². The van der Waals surface area contributed by atoms with Crippen LogP contribution in [0.5, 0.6) is 0 Å². The van der Waals surface area contributed by atoms with Crippen LogP contribution in [-0.2, 0) is 22.7 Å². The van der Waals surface area contributed by atoms with Gasteiger partial charge >= 0.3 is 6.03 Å². The summed E-state index contributed by atoms with van der Waals surface area (Å²) in [6.45, 7) is 4.75. The number of fused-ring (bicyclic) bond motifs is 6. The molecule has 184 valence electrons. The van der Waals surface area contributed by atoms with Gasteiger partial charge in [0.1, 0.15) is 0 Å². The molecule has 1 unspecified atom stereocenters. The normalized spacial score (nSPS) is 17.0. The Hall–Kier alpha value is -4.44. The second-order valence-electron chi connectivity index (χ2n) is 9.03. The number of nitrogens with zero attached hydrogens (tertiary/aromatic N) is 3. The summed E-state index contributed by atoms with van der Waals surface area (Å²) in [7, 11) is 1.51. The van der Waals surface area contributed by atoms with E-state index in [0.29, 0.717) is 30.9 Å². The molecule has 2 bridgehead atoms. The molecule has 0 spiro atoms. The minimum atomic E-state index is -0.594. The van der Waals surface area contributed by atoms with E-state index in [4.69, 9.17) is 5.21 Å². The molecular weight excluding hydrogens is 462 g/mol. The molecule has 2 aliphatic heterocycles. The molecule has 10 nitrogen and oxygen atoms in total. The van der Waals surface area contributed by atoms with Gasteiger partial charge in [-0.05, 0) is 47.5 Å². The van der Waals surface area contributed by atoms with Crippen LogP contribution in [0.4, 0.5) is 10.5 Å². The average molecular weight is 488 g/mol. The second-order valence-corrected chi connectivity index (χ2v) is 9.03. The smallest absolute Gasteiger partial charge is 0.326 e. The Kier molecular flexibility index (Phi) is 5.81. The van der Waals surface area contributed by atoms with Crippen molar-refractivity contribution in [3.8, 4) is 0 Å². The summed E-state index contributed by atoms with van der Waals surface area (Å²) in [4.78, 5) is 52.1. The Morgan fingerprint density at radius 3 is 2.61 bits per heavy atom. The van der Waals surface area contributed by atoms with Gasteiger partial charge in [0.15, 0.2) is 0 Å². The summed E-state index contributed by atoms with van der Waals surface area (Å²) in [6, 6.07) is 12.2. The highest BCUT2D eigenvalue weighted by molar-refractivity contribution is 6.01. The summed E-state index contributed by atoms with van der Waals surface area (Å²) >= 11 is 0. The fourth-order valence-corrected chi connectivity index (χ4v) is 5.10. The molecule has 3 aromatic rings. The van der Waals surface area contributed by atoms with Gasteiger partial charge < -0.3 is 14.8 Å². The van der Waals surface area contributed by atoms with Crippen molar-refractivity contribution in [2.45, 2.75) is 25.4 Å². The Morgan fingerprint density at radius 2 is 1.92 bits per heavy atom. The molecule has 0 aliphatic carbocycles. The lowest BCUT2D eigenvalue weighted by molar-refractivity contribution is -0.127. The van der Waals surface area contributed by atoms with E-state index < -0.39 is 5.91 Å². The van der Waals surface area contributed by atoms with E-state index in [1.54, 1.807) is 34.6 Å². The van der Waals surface area contributed by atoms with Gasteiger partial charge in [0.25, 0.3) is 5.91 Å². The number of benzene rings is 2. The van der Waals surface area contributed by atoms with Crippen LogP contribution in [0.3, 0.4) is 0 Å². The zero-order valence-corrected chi connectivity index (χ0v) is 19.7. The number of aromatic nitrogens is 1. The van der Waals surface area contributed by atoms with Crippen LogP contribution in [0.15, 0.2) is 55.1 Å². The van der Waals surface area contributed by atoms with E-state index in [1.165, 1.54) is 18.0 Å². The molecule has 3 N–H and O–H groups in total. The number of carbonyl (C=O) groups is 4. The molecule has 36 heavy (non-hydrogen) atoms. The minimum absolute atomic E-state index is 0.181. The molecule has 1 aromatic heterocycles. The predicted octanol–water partition coefficient (Wildman–Crippen LogP) is 2.81. The SMILES string of the molecule is C=CC(=O)Nc1ccc2c(c1)c1c(n2Cc2ccc(C(=O)NO)cc2)CN2CC1CC(=O)N(C)C2=O. The van der Waals surface area contributed by atoms with Crippen molar-refractivity contribution >= 4 is 40.3 Å². The maximum absolute atomic E-state index is 12.9. The van der Waals surface area contributed by atoms with E-state index in [-0.39, 0.29) is 30.2 Å². The van der Waals surface area contributed by atoms with Crippen molar-refractivity contribution in [3.05, 3.63) is 77.5 Å². The zero-order chi connectivity index (χ0) is 25.6. The highest BCUT2D eigenvalue weighted by Crippen LogP contribution is 2.41. The third-order valence-corrected chi connectivity index (χ3v) is 6.87. The topological polar surface area (TPSA) is 124 Å². The number of anilines is 1. The largest absolute Gasteiger partial charge is 0.338 e. The Morgan fingerprint density at radius 1 is 1.17 bits per heavy atom. The molecule has 0 saturated carbocycles. The molecule has 0 radical (unpaired) electrons. The summed E-state index contributed by atoms with van der Waals surface area (Å²) in [5.74, 6) is -1.32. The quantitative estimate of drug-likeness (QED) is 0.290. The third-order valence-electron chi connectivity index (χ3n) is 6.87. The van der Waals surface area contributed by atoms with Gasteiger partial charge in [-0.3, -0.25) is 24.5 Å². The van der Waals surface area contributed by atoms with Crippen LogP contribution < -0.4 is 10.8 Å². The minimum Gasteiger partial charge on any atom is -0.338 e. The summed E-state index contributed by atoms with van der Waals surface area (Å²) in [6.07, 6.45) is 1.41. The van der Waals surface area contributed by atoms with Crippen molar-refractivity contribution in [1.82, 2.24) is 19.8 Å². The molecule has 10 heteroatoms. The number of hydroxylamine groups is 1. The van der Waals surface area contributed by atoms with Gasteiger partial charge in [-0.25, -0.2) is 10.3 Å². The van der Waals surface area contributed by atoms with Crippen LogP contribution >= 0.6 is 0 Å². The van der Waals surface area contributed by atoms with Crippen molar-refractivity contribution in [3.63, 3.8) is 0 Å². The second kappa shape index (κ2) is 8.97. The van der Waals surface area contributed by atoms with Gasteiger partial charge in [0.05, 0.1) is 6.54 Å². The lowest BCUT2D eigenvalue weighted by Crippen LogP contribution is -2.43. The van der Waals surface area contributed by atoms with Crippen LogP contribution in [0.2, 0.25) is 0 Å². The Labute approximate surface area is 206 Å². The molecule has 2 aliphatic rings. The van der Waals surface area contributed by atoms with E-state index in [1.807, 2.05) is 18.2 Å². The van der Waals surface area contributed by atoms with Gasteiger partial charge in [-0.2, -0.15) is 0 Å². The lowest BCUT2D eigenvalue weighted by atomic mass is 9.89. The van der Waals surface area contributed by atoms with Gasteiger partial charge in [0.2, 0.25) is 11.8 Å². The van der Waals surface area contributed by atoms with Crippen LogP contribution in [0.25, 0.3) is 10.9 Å². The molecule has 5 rings (SSSR count). The van der Waals surface area contributed by atoms with E-state index >= 15 is 0 Å². The first-order valence-electron chi connectivity index (χ1n) is 11.5. The highest BCUT2D eigenvalue weighted by Gasteiger charge is 2.40. The van der Waals surface area contributed by atoms with Crippen molar-refractivity contribution in [1.29, 1.82) is 0 Å². The number of nitrogens with one attached hydrogen (secondary N) is 2. The van der Waals surface area contributed by atoms with E-state index in [2.05, 4.69) is 16.5 Å². The van der Waals surface area contributed by atoms with Crippen LogP contribution in [-0.4, -0.2) is 56.9 Å². The molecule has 1 saturated heterocycles. The average Bonchev–Trinajstić information content (AvgIpc) is 3.16. The molecule has 1 fully saturated rings. The Balaban J connectivity index is 1.64. The first-order chi connectivity index (χ1) is 17.3. The number of carbonyl (C=O) groups excluding carboxylic acids is 4. The van der Waals surface area contributed by atoms with E-state index in [0.717, 1.165) is 27.7 Å². The Bertz CT molecular complexity index is 1420. The number of rotatable bonds is 5. The van der Waals surface area contributed by atoms with Gasteiger partial charge in [0, 0.05) is 60.3 Å². The fraction of sp³-hybridized carbons (Fsp3) is 0.231. The maximum atomic E-state index is 12.9. The first-order valence-corrected chi connectivity index (χ1v) is 11.5. The number of hydrogen-bond acceptors (Lipinski definition) is 5. The van der Waals surface area contributed by atoms with Crippen LogP contribution in [0, 0.1) is 0 Å². The summed E-state index contributed by atoms with van der Waals surface area (Å²) in [5, 5.41) is 12.6. The first kappa shape index (κ1) is 23.3. The monoisotopic (exact) mass is 487 g/mol. The predicted molar refractivity (Wildman–Crippen MR) is 131 cm³/mol. The number of hydrogen-bond donors (Lipinski definition) is 3. The van der Waals surface area contributed by atoms with Crippen molar-refractivity contribution in [2.24, 2.45) is 0 Å². The van der Waals surface area contributed by atoms with E-state index in [9.17, 15) is 19.2 Å². The fourth-order valence-electron chi connectivity index (χ4n) is 5.10. The highest BCUT2D eigenvalue weighted by atomic mass is 16.5. The van der Waals surface area contributed by atoms with Gasteiger partial charge in [-0.15, -0.1) is 0 Å². The summed E-state index contributed by atoms with van der Waals surface area (Å²) < 4.78 is 2.12. The molecular formula is C26H25N5O5. The molecule has 3 heterocycles. The molecule has 1 atom stereocenters. The third kappa shape index (κ3) is 3.91. The number of imide groups is 1. The lowest BCUT2D eigenvalue weighted by Gasteiger charge is -2.31. The van der Waals surface area contributed by atoms with Crippen molar-refractivity contribution < 1.29 is 24.4 Å². The standard InChI is InChI=1S/C26H25N5O5/c1-3-22(32)27-18-8-9-20-19(11-18)24-17-10-23(33)29(2)26(35)30(13-17)14-21(24)31(20)12-15-4-6-16(7-5-15)25(34)28-36/h3-9,11,17,36H,1,10,12-14H2,2H3,(H,27,32)(H,28,34). The maximum Gasteiger partial charge on any atom is 0.326 e. The summed E-state index contributed by atoms with van der Waals surface area (Å²) in [5.41, 5.74) is 6.33. The molecule has 2 aromatic carbocycles. The van der Waals surface area contributed by atoms with Gasteiger partial charge in [-0.1, -0.05) is 18.7 Å². The van der Waals surface area contributed by atoms with Crippen LogP contribution in [0.1, 0.15) is 39.5 Å². The zero-order valence-electron chi connectivity index (χ0n) is 19.7. The number of amides is 5.